The maximum atomic E-state index is 13.2. The number of benzene rings is 2. The molecule has 1 atom stereocenters. The second-order valence-corrected chi connectivity index (χ2v) is 8.33. The average molecular weight is 404 g/mol. The number of hydrogen-bond acceptors (Lipinski definition) is 5. The number of nitrogens with one attached hydrogen (secondary N) is 1. The van der Waals surface area contributed by atoms with E-state index in [4.69, 9.17) is 9.47 Å². The van der Waals surface area contributed by atoms with Crippen molar-refractivity contribution < 1.29 is 22.7 Å². The molecule has 1 aliphatic heterocycles. The molecular weight excluding hydrogens is 380 g/mol. The van der Waals surface area contributed by atoms with E-state index in [1.807, 2.05) is 0 Å². The maximum absolute atomic E-state index is 13.2. The molecule has 0 bridgehead atoms. The van der Waals surface area contributed by atoms with E-state index in [1.54, 1.807) is 42.5 Å². The van der Waals surface area contributed by atoms with Crippen LogP contribution in [0.2, 0.25) is 0 Å². The summed E-state index contributed by atoms with van der Waals surface area (Å²) in [6, 6.07) is 14.7. The monoisotopic (exact) mass is 404 g/mol. The Hall–Kier alpha value is -2.58. The van der Waals surface area contributed by atoms with Crippen LogP contribution in [0.5, 0.6) is 5.75 Å². The summed E-state index contributed by atoms with van der Waals surface area (Å²) < 4.78 is 38.2. The van der Waals surface area contributed by atoms with Crippen molar-refractivity contribution in [1.82, 2.24) is 5.32 Å². The van der Waals surface area contributed by atoms with Gasteiger partial charge in [0.15, 0.2) is 0 Å². The van der Waals surface area contributed by atoms with Gasteiger partial charge < -0.3 is 14.8 Å². The zero-order valence-electron chi connectivity index (χ0n) is 15.7. The predicted octanol–water partition coefficient (Wildman–Crippen LogP) is 2.19. The molecule has 1 fully saturated rings. The van der Waals surface area contributed by atoms with Crippen LogP contribution in [0.3, 0.4) is 0 Å². The first-order chi connectivity index (χ1) is 13.5. The van der Waals surface area contributed by atoms with E-state index < -0.39 is 15.9 Å². The van der Waals surface area contributed by atoms with Gasteiger partial charge in [-0.05, 0) is 37.1 Å². The number of ether oxygens (including phenoxy) is 2. The quantitative estimate of drug-likeness (QED) is 0.729. The van der Waals surface area contributed by atoms with E-state index >= 15 is 0 Å². The van der Waals surface area contributed by atoms with E-state index in [-0.39, 0.29) is 17.5 Å². The molecule has 0 radical (unpaired) electrons. The number of amides is 1. The van der Waals surface area contributed by atoms with Crippen LogP contribution in [0.25, 0.3) is 0 Å². The molecular formula is C20H24N2O5S. The fourth-order valence-electron chi connectivity index (χ4n) is 3.02. The summed E-state index contributed by atoms with van der Waals surface area (Å²) >= 11 is 0. The lowest BCUT2D eigenvalue weighted by Crippen LogP contribution is -2.42. The van der Waals surface area contributed by atoms with Crippen LogP contribution in [0, 0.1) is 0 Å². The summed E-state index contributed by atoms with van der Waals surface area (Å²) in [4.78, 5) is 12.6. The fraction of sp³-hybridized carbons (Fsp3) is 0.350. The van der Waals surface area contributed by atoms with Crippen LogP contribution in [0.4, 0.5) is 5.69 Å². The molecule has 2 aromatic rings. The van der Waals surface area contributed by atoms with Crippen molar-refractivity contribution >= 4 is 21.6 Å². The van der Waals surface area contributed by atoms with Crippen molar-refractivity contribution in [2.75, 3.05) is 31.1 Å². The third-order valence-corrected chi connectivity index (χ3v) is 6.30. The molecule has 0 unspecified atom stereocenters. The lowest BCUT2D eigenvalue weighted by molar-refractivity contribution is -0.120. The van der Waals surface area contributed by atoms with Crippen molar-refractivity contribution in [1.29, 1.82) is 0 Å². The molecule has 1 aliphatic rings. The summed E-state index contributed by atoms with van der Waals surface area (Å²) in [7, 11) is -2.42. The number of nitrogens with zero attached hydrogens (tertiary/aromatic N) is 1. The van der Waals surface area contributed by atoms with Crippen molar-refractivity contribution in [2.45, 2.75) is 23.8 Å². The normalized spacial score (nSPS) is 16.5. The second-order valence-electron chi connectivity index (χ2n) is 6.47. The Morgan fingerprint density at radius 2 is 2.00 bits per heavy atom. The minimum Gasteiger partial charge on any atom is -0.497 e. The van der Waals surface area contributed by atoms with Gasteiger partial charge in [-0.1, -0.05) is 24.3 Å². The number of methoxy groups -OCH3 is 1. The van der Waals surface area contributed by atoms with Gasteiger partial charge in [-0.25, -0.2) is 8.42 Å². The van der Waals surface area contributed by atoms with Crippen LogP contribution in [0.1, 0.15) is 12.8 Å². The molecule has 1 amide bonds. The Morgan fingerprint density at radius 1 is 1.21 bits per heavy atom. The lowest BCUT2D eigenvalue weighted by atomic mass is 10.2. The molecule has 28 heavy (non-hydrogen) atoms. The SMILES string of the molecule is COc1cccc(N(CC(=O)NC[C@H]2CCCO2)S(=O)(=O)c2ccccc2)c1. The van der Waals surface area contributed by atoms with Gasteiger partial charge in [-0.15, -0.1) is 0 Å². The largest absolute Gasteiger partial charge is 0.497 e. The second kappa shape index (κ2) is 9.07. The van der Waals surface area contributed by atoms with Gasteiger partial charge in [0.25, 0.3) is 10.0 Å². The minimum absolute atomic E-state index is 0.0139. The van der Waals surface area contributed by atoms with Gasteiger partial charge in [0.2, 0.25) is 5.91 Å². The van der Waals surface area contributed by atoms with Gasteiger partial charge in [-0.2, -0.15) is 0 Å². The number of carbonyl (C=O) groups excluding carboxylic acids is 1. The number of carbonyl (C=O) groups is 1. The Morgan fingerprint density at radius 3 is 2.68 bits per heavy atom. The van der Waals surface area contributed by atoms with Crippen LogP contribution >= 0.6 is 0 Å². The highest BCUT2D eigenvalue weighted by Crippen LogP contribution is 2.26. The zero-order chi connectivity index (χ0) is 20.0. The molecule has 0 spiro atoms. The molecule has 150 valence electrons. The molecule has 1 N–H and O–H groups in total. The highest BCUT2D eigenvalue weighted by atomic mass is 32.2. The van der Waals surface area contributed by atoms with Crippen molar-refractivity contribution in [3.05, 3.63) is 54.6 Å². The third-order valence-electron chi connectivity index (χ3n) is 4.51. The highest BCUT2D eigenvalue weighted by molar-refractivity contribution is 7.92. The van der Waals surface area contributed by atoms with Crippen LogP contribution in [-0.2, 0) is 19.6 Å². The zero-order valence-corrected chi connectivity index (χ0v) is 16.5. The Kier molecular flexibility index (Phi) is 6.53. The average Bonchev–Trinajstić information content (AvgIpc) is 3.25. The number of rotatable bonds is 8. The first kappa shape index (κ1) is 20.2. The molecule has 0 aliphatic carbocycles. The van der Waals surface area contributed by atoms with Gasteiger partial charge >= 0.3 is 0 Å². The topological polar surface area (TPSA) is 84.9 Å². The van der Waals surface area contributed by atoms with Crippen LogP contribution in [-0.4, -0.2) is 47.2 Å². The molecule has 2 aromatic carbocycles. The number of sulfonamides is 1. The fourth-order valence-corrected chi connectivity index (χ4v) is 4.45. The van der Waals surface area contributed by atoms with Gasteiger partial charge in [-0.3, -0.25) is 9.10 Å². The molecule has 8 heteroatoms. The van der Waals surface area contributed by atoms with E-state index in [9.17, 15) is 13.2 Å². The summed E-state index contributed by atoms with van der Waals surface area (Å²) in [5, 5.41) is 2.78. The molecule has 1 heterocycles. The van der Waals surface area contributed by atoms with Crippen molar-refractivity contribution in [2.24, 2.45) is 0 Å². The standard InChI is InChI=1S/C20H24N2O5S/c1-26-17-8-5-7-16(13-17)22(28(24,25)19-10-3-2-4-11-19)15-20(23)21-14-18-9-6-12-27-18/h2-5,7-8,10-11,13,18H,6,9,12,14-15H2,1H3,(H,21,23)/t18-/m1/s1. The van der Waals surface area contributed by atoms with Crippen molar-refractivity contribution in [3.8, 4) is 5.75 Å². The summed E-state index contributed by atoms with van der Waals surface area (Å²) in [5.41, 5.74) is 0.357. The summed E-state index contributed by atoms with van der Waals surface area (Å²) in [6.45, 7) is 0.728. The first-order valence-electron chi connectivity index (χ1n) is 9.11. The Balaban J connectivity index is 1.84. The number of anilines is 1. The molecule has 3 rings (SSSR count). The van der Waals surface area contributed by atoms with Gasteiger partial charge in [0, 0.05) is 19.2 Å². The highest BCUT2D eigenvalue weighted by Gasteiger charge is 2.27. The van der Waals surface area contributed by atoms with E-state index in [0.717, 1.165) is 17.1 Å². The first-order valence-corrected chi connectivity index (χ1v) is 10.5. The molecule has 1 saturated heterocycles. The molecule has 0 aromatic heterocycles. The van der Waals surface area contributed by atoms with Crippen LogP contribution < -0.4 is 14.4 Å². The number of hydrogen-bond donors (Lipinski definition) is 1. The van der Waals surface area contributed by atoms with E-state index in [2.05, 4.69) is 5.32 Å². The van der Waals surface area contributed by atoms with Gasteiger partial charge in [0.05, 0.1) is 23.8 Å². The molecule has 7 nitrogen and oxygen atoms in total. The van der Waals surface area contributed by atoms with Crippen molar-refractivity contribution in [3.63, 3.8) is 0 Å². The van der Waals surface area contributed by atoms with Gasteiger partial charge in [0.1, 0.15) is 12.3 Å². The maximum Gasteiger partial charge on any atom is 0.264 e. The van der Waals surface area contributed by atoms with E-state index in [0.29, 0.717) is 24.6 Å². The lowest BCUT2D eigenvalue weighted by Gasteiger charge is -2.24. The Bertz CT molecular complexity index is 896. The molecule has 0 saturated carbocycles. The summed E-state index contributed by atoms with van der Waals surface area (Å²) in [6.07, 6.45) is 1.85. The smallest absolute Gasteiger partial charge is 0.264 e. The summed E-state index contributed by atoms with van der Waals surface area (Å²) in [5.74, 6) is 0.114. The van der Waals surface area contributed by atoms with E-state index in [1.165, 1.54) is 19.2 Å². The minimum atomic E-state index is -3.93. The Labute approximate surface area is 165 Å². The predicted molar refractivity (Wildman–Crippen MR) is 106 cm³/mol. The van der Waals surface area contributed by atoms with Crippen LogP contribution in [0.15, 0.2) is 59.5 Å². The third kappa shape index (κ3) is 4.82.